The van der Waals surface area contributed by atoms with E-state index in [0.717, 1.165) is 42.9 Å². The molecular weight excluding hydrogens is 254 g/mol. The second kappa shape index (κ2) is 5.07. The minimum Gasteiger partial charge on any atom is -0.439 e. The number of benzene rings is 1. The van der Waals surface area contributed by atoms with Crippen LogP contribution in [0.3, 0.4) is 0 Å². The third-order valence-electron chi connectivity index (χ3n) is 4.08. The molecule has 0 amide bonds. The lowest BCUT2D eigenvalue weighted by Gasteiger charge is -2.38. The van der Waals surface area contributed by atoms with Gasteiger partial charge in [0.2, 0.25) is 5.89 Å². The molecule has 2 aromatic rings. The van der Waals surface area contributed by atoms with Gasteiger partial charge in [0.15, 0.2) is 5.58 Å². The summed E-state index contributed by atoms with van der Waals surface area (Å²) in [6, 6.07) is 5.63. The summed E-state index contributed by atoms with van der Waals surface area (Å²) in [6.45, 7) is 4.81. The minimum absolute atomic E-state index is 0.0662. The van der Waals surface area contributed by atoms with E-state index in [-0.39, 0.29) is 5.60 Å². The molecule has 1 unspecified atom stereocenters. The highest BCUT2D eigenvalue weighted by Crippen LogP contribution is 2.26. The molecule has 1 atom stereocenters. The fourth-order valence-corrected chi connectivity index (χ4v) is 2.88. The molecule has 0 radical (unpaired) electrons. The van der Waals surface area contributed by atoms with Gasteiger partial charge >= 0.3 is 0 Å². The quantitative estimate of drug-likeness (QED) is 0.871. The van der Waals surface area contributed by atoms with Crippen LogP contribution in [0.15, 0.2) is 22.6 Å². The first-order valence-electron chi connectivity index (χ1n) is 7.01. The molecule has 5 heteroatoms. The number of nitrogen functional groups attached to an aromatic ring is 1. The first-order valence-corrected chi connectivity index (χ1v) is 7.01. The number of piperidine rings is 1. The van der Waals surface area contributed by atoms with Gasteiger partial charge in [-0.3, -0.25) is 4.90 Å². The molecule has 1 aliphatic heterocycles. The van der Waals surface area contributed by atoms with Crippen molar-refractivity contribution in [2.24, 2.45) is 0 Å². The first kappa shape index (κ1) is 13.4. The van der Waals surface area contributed by atoms with Crippen molar-refractivity contribution < 1.29 is 9.15 Å². The van der Waals surface area contributed by atoms with Crippen LogP contribution in [0.2, 0.25) is 0 Å². The lowest BCUT2D eigenvalue weighted by Crippen LogP contribution is -2.46. The average Bonchev–Trinajstić information content (AvgIpc) is 2.83. The van der Waals surface area contributed by atoms with Crippen LogP contribution >= 0.6 is 0 Å². The van der Waals surface area contributed by atoms with Crippen molar-refractivity contribution in [1.29, 1.82) is 0 Å². The molecule has 5 nitrogen and oxygen atoms in total. The summed E-state index contributed by atoms with van der Waals surface area (Å²) >= 11 is 0. The van der Waals surface area contributed by atoms with Crippen molar-refractivity contribution in [2.75, 3.05) is 25.9 Å². The number of hydrogen-bond acceptors (Lipinski definition) is 5. The number of methoxy groups -OCH3 is 1. The van der Waals surface area contributed by atoms with E-state index in [4.69, 9.17) is 14.9 Å². The largest absolute Gasteiger partial charge is 0.439 e. The SMILES string of the molecule is COC1(C)CCCN(Cc2nc3c(N)cccc3o2)C1. The third kappa shape index (κ3) is 2.51. The first-order chi connectivity index (χ1) is 9.59. The van der Waals surface area contributed by atoms with E-state index in [0.29, 0.717) is 12.2 Å². The zero-order valence-corrected chi connectivity index (χ0v) is 12.1. The van der Waals surface area contributed by atoms with Crippen LogP contribution < -0.4 is 5.73 Å². The lowest BCUT2D eigenvalue weighted by atomic mass is 9.95. The second-order valence-corrected chi connectivity index (χ2v) is 5.77. The highest BCUT2D eigenvalue weighted by atomic mass is 16.5. The number of nitrogens with two attached hydrogens (primary N) is 1. The van der Waals surface area contributed by atoms with Gasteiger partial charge in [-0.2, -0.15) is 0 Å². The van der Waals surface area contributed by atoms with Crippen LogP contribution in [0.25, 0.3) is 11.1 Å². The molecule has 3 rings (SSSR count). The molecule has 1 fully saturated rings. The molecule has 0 bridgehead atoms. The van der Waals surface area contributed by atoms with Gasteiger partial charge in [-0.05, 0) is 38.4 Å². The summed E-state index contributed by atoms with van der Waals surface area (Å²) in [5.74, 6) is 0.721. The fraction of sp³-hybridized carbons (Fsp3) is 0.533. The Morgan fingerprint density at radius 3 is 3.10 bits per heavy atom. The molecule has 0 aliphatic carbocycles. The maximum absolute atomic E-state index is 5.91. The van der Waals surface area contributed by atoms with E-state index in [1.165, 1.54) is 0 Å². The number of hydrogen-bond donors (Lipinski definition) is 1. The maximum atomic E-state index is 5.91. The molecule has 0 spiro atoms. The normalized spacial score (nSPS) is 24.3. The van der Waals surface area contributed by atoms with Crippen molar-refractivity contribution in [3.05, 3.63) is 24.1 Å². The maximum Gasteiger partial charge on any atom is 0.209 e. The Bertz CT molecular complexity index is 610. The summed E-state index contributed by atoms with van der Waals surface area (Å²) in [7, 11) is 1.78. The Kier molecular flexibility index (Phi) is 3.40. The highest BCUT2D eigenvalue weighted by Gasteiger charge is 2.31. The van der Waals surface area contributed by atoms with E-state index in [9.17, 15) is 0 Å². The van der Waals surface area contributed by atoms with Crippen LogP contribution in [-0.2, 0) is 11.3 Å². The number of fused-ring (bicyclic) bond motifs is 1. The number of ether oxygens (including phenoxy) is 1. The van der Waals surface area contributed by atoms with Gasteiger partial charge in [-0.25, -0.2) is 4.98 Å². The molecule has 1 saturated heterocycles. The number of anilines is 1. The second-order valence-electron chi connectivity index (χ2n) is 5.77. The van der Waals surface area contributed by atoms with Crippen molar-refractivity contribution >= 4 is 16.8 Å². The number of rotatable bonds is 3. The van der Waals surface area contributed by atoms with E-state index in [1.807, 2.05) is 18.2 Å². The van der Waals surface area contributed by atoms with Crippen LogP contribution in [0.5, 0.6) is 0 Å². The van der Waals surface area contributed by atoms with Crippen LogP contribution in [0.1, 0.15) is 25.7 Å². The Morgan fingerprint density at radius 1 is 1.50 bits per heavy atom. The van der Waals surface area contributed by atoms with Crippen LogP contribution in [0, 0.1) is 0 Å². The Balaban J connectivity index is 1.77. The zero-order chi connectivity index (χ0) is 14.2. The Morgan fingerprint density at radius 2 is 2.35 bits per heavy atom. The molecule has 0 saturated carbocycles. The smallest absolute Gasteiger partial charge is 0.209 e. The van der Waals surface area contributed by atoms with E-state index in [2.05, 4.69) is 16.8 Å². The fourth-order valence-electron chi connectivity index (χ4n) is 2.88. The van der Waals surface area contributed by atoms with Crippen LogP contribution in [0.4, 0.5) is 5.69 Å². The summed E-state index contributed by atoms with van der Waals surface area (Å²) in [5, 5.41) is 0. The van der Waals surface area contributed by atoms with Gasteiger partial charge in [0.05, 0.1) is 17.8 Å². The van der Waals surface area contributed by atoms with E-state index >= 15 is 0 Å². The van der Waals surface area contributed by atoms with Gasteiger partial charge in [0, 0.05) is 13.7 Å². The summed E-state index contributed by atoms with van der Waals surface area (Å²) in [6.07, 6.45) is 2.23. The average molecular weight is 275 g/mol. The van der Waals surface area contributed by atoms with Gasteiger partial charge in [-0.15, -0.1) is 0 Å². The molecular formula is C15H21N3O2. The van der Waals surface area contributed by atoms with Gasteiger partial charge in [0.25, 0.3) is 0 Å². The topological polar surface area (TPSA) is 64.5 Å². The molecule has 1 aliphatic rings. The summed E-state index contributed by atoms with van der Waals surface area (Å²) < 4.78 is 11.4. The molecule has 1 aromatic carbocycles. The minimum atomic E-state index is -0.0662. The summed E-state index contributed by atoms with van der Waals surface area (Å²) in [5.41, 5.74) is 8.02. The van der Waals surface area contributed by atoms with Crippen LogP contribution in [-0.4, -0.2) is 35.7 Å². The number of aromatic nitrogens is 1. The lowest BCUT2D eigenvalue weighted by molar-refractivity contribution is -0.0541. The highest BCUT2D eigenvalue weighted by molar-refractivity contribution is 5.85. The van der Waals surface area contributed by atoms with E-state index < -0.39 is 0 Å². The van der Waals surface area contributed by atoms with E-state index in [1.54, 1.807) is 7.11 Å². The monoisotopic (exact) mass is 275 g/mol. The van der Waals surface area contributed by atoms with Gasteiger partial charge in [0.1, 0.15) is 5.52 Å². The number of oxazole rings is 1. The van der Waals surface area contributed by atoms with Crippen molar-refractivity contribution in [3.63, 3.8) is 0 Å². The standard InChI is InChI=1S/C15H21N3O2/c1-15(19-2)7-4-8-18(10-15)9-13-17-14-11(16)5-3-6-12(14)20-13/h3,5-6H,4,7-10,16H2,1-2H3. The third-order valence-corrected chi connectivity index (χ3v) is 4.08. The Hall–Kier alpha value is -1.59. The van der Waals surface area contributed by atoms with Crippen molar-refractivity contribution in [1.82, 2.24) is 9.88 Å². The predicted molar refractivity (Wildman–Crippen MR) is 78.3 cm³/mol. The van der Waals surface area contributed by atoms with Gasteiger partial charge in [-0.1, -0.05) is 6.07 Å². The number of para-hydroxylation sites is 1. The predicted octanol–water partition coefficient (Wildman–Crippen LogP) is 2.41. The molecule has 108 valence electrons. The van der Waals surface area contributed by atoms with Gasteiger partial charge < -0.3 is 14.9 Å². The molecule has 1 aromatic heterocycles. The van der Waals surface area contributed by atoms with Crippen molar-refractivity contribution in [3.8, 4) is 0 Å². The molecule has 20 heavy (non-hydrogen) atoms. The number of likely N-dealkylation sites (tertiary alicyclic amines) is 1. The summed E-state index contributed by atoms with van der Waals surface area (Å²) in [4.78, 5) is 6.83. The Labute approximate surface area is 118 Å². The molecule has 2 heterocycles. The number of nitrogens with zero attached hydrogens (tertiary/aromatic N) is 2. The zero-order valence-electron chi connectivity index (χ0n) is 12.1. The molecule has 2 N–H and O–H groups in total. The van der Waals surface area contributed by atoms with Crippen molar-refractivity contribution in [2.45, 2.75) is 31.9 Å².